The topological polar surface area (TPSA) is 87.4 Å². The number of aliphatic imine (C=N–C) groups is 1. The van der Waals surface area contributed by atoms with Crippen molar-refractivity contribution in [3.8, 4) is 0 Å². The van der Waals surface area contributed by atoms with Crippen molar-refractivity contribution in [2.75, 3.05) is 7.05 Å². The van der Waals surface area contributed by atoms with Crippen molar-refractivity contribution in [3.63, 3.8) is 0 Å². The summed E-state index contributed by atoms with van der Waals surface area (Å²) in [4.78, 5) is 18.3. The molecule has 1 aliphatic carbocycles. The van der Waals surface area contributed by atoms with Gasteiger partial charge in [0.15, 0.2) is 5.96 Å². The van der Waals surface area contributed by atoms with Crippen molar-refractivity contribution >= 4 is 22.8 Å². The van der Waals surface area contributed by atoms with E-state index in [2.05, 4.69) is 21.3 Å². The first-order valence-electron chi connectivity index (χ1n) is 9.06. The Hall–Kier alpha value is -2.37. The zero-order valence-electron chi connectivity index (χ0n) is 14.9. The molecule has 0 unspecified atom stereocenters. The van der Waals surface area contributed by atoms with Gasteiger partial charge in [-0.25, -0.2) is 4.99 Å². The summed E-state index contributed by atoms with van der Waals surface area (Å²) in [5.74, 6) is 1.02. The lowest BCUT2D eigenvalue weighted by Gasteiger charge is -2.33. The number of carbonyl (C=O) groups excluding carboxylic acids is 1. The highest BCUT2D eigenvalue weighted by molar-refractivity contribution is 5.99. The van der Waals surface area contributed by atoms with Crippen LogP contribution < -0.4 is 5.73 Å². The smallest absolute Gasteiger partial charge is 0.231 e. The minimum absolute atomic E-state index is 0.00605. The number of rotatable bonds is 3. The summed E-state index contributed by atoms with van der Waals surface area (Å²) >= 11 is 0. The molecule has 3 N–H and O–H groups in total. The molecule has 1 saturated carbocycles. The lowest BCUT2D eigenvalue weighted by Crippen LogP contribution is -2.47. The average Bonchev–Trinajstić information content (AvgIpc) is 3.23. The van der Waals surface area contributed by atoms with E-state index in [-0.39, 0.29) is 11.9 Å². The standard InChI is InChI=1S/C19H25N5O/c1-19(11-17(25)24(2)18(20)21-19)13-7-8-15-14(10-13)16(23-22-15)9-12-5-3-4-6-12/h7-8,10,12H,3-6,9,11H2,1-2H3,(H2,20,21)(H,22,23)/t19-/m0/s1. The Kier molecular flexibility index (Phi) is 3.78. The molecular formula is C19H25N5O. The van der Waals surface area contributed by atoms with E-state index < -0.39 is 5.54 Å². The summed E-state index contributed by atoms with van der Waals surface area (Å²) in [6.07, 6.45) is 6.65. The molecule has 2 aliphatic rings. The van der Waals surface area contributed by atoms with Crippen LogP contribution in [0.3, 0.4) is 0 Å². The molecule has 1 aromatic heterocycles. The molecule has 1 atom stereocenters. The highest BCUT2D eigenvalue weighted by Gasteiger charge is 2.36. The van der Waals surface area contributed by atoms with Crippen molar-refractivity contribution in [2.45, 2.75) is 51.0 Å². The van der Waals surface area contributed by atoms with Crippen molar-refractivity contribution < 1.29 is 4.79 Å². The van der Waals surface area contributed by atoms with E-state index in [0.29, 0.717) is 6.42 Å². The largest absolute Gasteiger partial charge is 0.369 e. The van der Waals surface area contributed by atoms with Gasteiger partial charge in [-0.15, -0.1) is 0 Å². The summed E-state index contributed by atoms with van der Waals surface area (Å²) in [6, 6.07) is 6.16. The third kappa shape index (κ3) is 2.79. The number of nitrogens with one attached hydrogen (secondary N) is 1. The molecule has 1 aliphatic heterocycles. The van der Waals surface area contributed by atoms with Gasteiger partial charge in [-0.3, -0.25) is 14.8 Å². The van der Waals surface area contributed by atoms with Gasteiger partial charge in [0, 0.05) is 18.1 Å². The number of amides is 1. The molecule has 0 saturated heterocycles. The number of guanidine groups is 1. The lowest BCUT2D eigenvalue weighted by molar-refractivity contribution is -0.128. The molecule has 6 heteroatoms. The Balaban J connectivity index is 1.72. The van der Waals surface area contributed by atoms with Crippen LogP contribution in [-0.2, 0) is 16.8 Å². The monoisotopic (exact) mass is 339 g/mol. The number of nitrogens with zero attached hydrogens (tertiary/aromatic N) is 3. The molecule has 1 aromatic carbocycles. The number of nitrogens with two attached hydrogens (primary N) is 1. The van der Waals surface area contributed by atoms with E-state index >= 15 is 0 Å². The van der Waals surface area contributed by atoms with Gasteiger partial charge in [0.25, 0.3) is 0 Å². The fourth-order valence-corrected chi connectivity index (χ4v) is 4.13. The van der Waals surface area contributed by atoms with Gasteiger partial charge in [0.1, 0.15) is 0 Å². The van der Waals surface area contributed by atoms with Crippen molar-refractivity contribution in [3.05, 3.63) is 29.5 Å². The molecule has 0 bridgehead atoms. The summed E-state index contributed by atoms with van der Waals surface area (Å²) < 4.78 is 0. The van der Waals surface area contributed by atoms with Crippen molar-refractivity contribution in [1.82, 2.24) is 15.1 Å². The molecule has 2 heterocycles. The molecule has 132 valence electrons. The first kappa shape index (κ1) is 16.1. The number of carbonyl (C=O) groups is 1. The van der Waals surface area contributed by atoms with Crippen molar-refractivity contribution in [2.24, 2.45) is 16.6 Å². The van der Waals surface area contributed by atoms with Gasteiger partial charge in [-0.1, -0.05) is 31.7 Å². The van der Waals surface area contributed by atoms with Gasteiger partial charge in [-0.05, 0) is 37.0 Å². The Morgan fingerprint density at radius 1 is 1.36 bits per heavy atom. The van der Waals surface area contributed by atoms with Crippen LogP contribution in [0.15, 0.2) is 23.2 Å². The number of H-pyrrole nitrogens is 1. The maximum atomic E-state index is 12.3. The molecular weight excluding hydrogens is 314 g/mol. The number of hydrogen-bond acceptors (Lipinski definition) is 4. The first-order chi connectivity index (χ1) is 12.0. The second-order valence-electron chi connectivity index (χ2n) is 7.66. The van der Waals surface area contributed by atoms with Gasteiger partial charge >= 0.3 is 0 Å². The molecule has 1 amide bonds. The zero-order chi connectivity index (χ0) is 17.6. The predicted molar refractivity (Wildman–Crippen MR) is 98.1 cm³/mol. The zero-order valence-corrected chi connectivity index (χ0v) is 14.9. The lowest BCUT2D eigenvalue weighted by atomic mass is 9.86. The van der Waals surface area contributed by atoms with Crippen LogP contribution in [0.5, 0.6) is 0 Å². The Bertz CT molecular complexity index is 849. The molecule has 0 radical (unpaired) electrons. The quantitative estimate of drug-likeness (QED) is 0.901. The predicted octanol–water partition coefficient (Wildman–Crippen LogP) is 2.69. The maximum absolute atomic E-state index is 12.3. The third-order valence-electron chi connectivity index (χ3n) is 5.80. The summed E-state index contributed by atoms with van der Waals surface area (Å²) in [5.41, 5.74) is 8.51. The number of hydrogen-bond donors (Lipinski definition) is 2. The van der Waals surface area contributed by atoms with Gasteiger partial charge in [-0.2, -0.15) is 5.10 Å². The van der Waals surface area contributed by atoms with E-state index in [0.717, 1.165) is 28.8 Å². The fraction of sp³-hybridized carbons (Fsp3) is 0.526. The second kappa shape index (κ2) is 5.86. The van der Waals surface area contributed by atoms with Gasteiger partial charge in [0.05, 0.1) is 17.5 Å². The van der Waals surface area contributed by atoms with Crippen LogP contribution in [-0.4, -0.2) is 34.0 Å². The molecule has 4 rings (SSSR count). The van der Waals surface area contributed by atoms with Gasteiger partial charge < -0.3 is 5.73 Å². The minimum atomic E-state index is -0.621. The van der Waals surface area contributed by atoms with Crippen LogP contribution in [0, 0.1) is 5.92 Å². The SMILES string of the molecule is CN1C(=O)C[C@@](C)(c2ccc3n[nH]c(CC4CCCC4)c3c2)N=C1N. The van der Waals surface area contributed by atoms with Crippen LogP contribution in [0.1, 0.15) is 50.3 Å². The van der Waals surface area contributed by atoms with E-state index in [9.17, 15) is 4.79 Å². The maximum Gasteiger partial charge on any atom is 0.231 e. The van der Waals surface area contributed by atoms with Gasteiger partial charge in [0.2, 0.25) is 5.91 Å². The van der Waals surface area contributed by atoms with Crippen LogP contribution in [0.4, 0.5) is 0 Å². The highest BCUT2D eigenvalue weighted by atomic mass is 16.2. The molecule has 2 aromatic rings. The summed E-state index contributed by atoms with van der Waals surface area (Å²) in [5, 5.41) is 8.82. The number of fused-ring (bicyclic) bond motifs is 1. The first-order valence-corrected chi connectivity index (χ1v) is 9.06. The fourth-order valence-electron chi connectivity index (χ4n) is 4.13. The summed E-state index contributed by atoms with van der Waals surface area (Å²) in [7, 11) is 1.67. The van der Waals surface area contributed by atoms with E-state index in [1.807, 2.05) is 19.1 Å². The Labute approximate surface area is 147 Å². The molecule has 0 spiro atoms. The third-order valence-corrected chi connectivity index (χ3v) is 5.80. The summed E-state index contributed by atoms with van der Waals surface area (Å²) in [6.45, 7) is 1.97. The minimum Gasteiger partial charge on any atom is -0.369 e. The van der Waals surface area contributed by atoms with Crippen molar-refractivity contribution in [1.29, 1.82) is 0 Å². The molecule has 1 fully saturated rings. The van der Waals surface area contributed by atoms with Crippen LogP contribution >= 0.6 is 0 Å². The Morgan fingerprint density at radius 2 is 2.12 bits per heavy atom. The van der Waals surface area contributed by atoms with E-state index in [1.54, 1.807) is 7.05 Å². The molecule has 25 heavy (non-hydrogen) atoms. The number of aromatic amines is 1. The Morgan fingerprint density at radius 3 is 2.84 bits per heavy atom. The van der Waals surface area contributed by atoms with E-state index in [1.165, 1.54) is 36.3 Å². The second-order valence-corrected chi connectivity index (χ2v) is 7.66. The average molecular weight is 339 g/mol. The van der Waals surface area contributed by atoms with E-state index in [4.69, 9.17) is 5.73 Å². The van der Waals surface area contributed by atoms with Crippen LogP contribution in [0.2, 0.25) is 0 Å². The number of aromatic nitrogens is 2. The highest BCUT2D eigenvalue weighted by Crippen LogP contribution is 2.36. The number of benzene rings is 1. The molecule has 6 nitrogen and oxygen atoms in total. The van der Waals surface area contributed by atoms with Crippen LogP contribution in [0.25, 0.3) is 10.9 Å². The normalized spacial score (nSPS) is 25.0.